The van der Waals surface area contributed by atoms with Crippen molar-refractivity contribution in [3.05, 3.63) is 15.8 Å². The van der Waals surface area contributed by atoms with Gasteiger partial charge in [-0.25, -0.2) is 4.98 Å². The molecule has 0 aliphatic carbocycles. The molecular formula is C8H10INO2. The number of pyridine rings is 1. The predicted octanol–water partition coefficient (Wildman–Crippen LogP) is 2.09. The Balaban J connectivity index is 2.94. The molecule has 1 aromatic rings. The minimum atomic E-state index is 0.545. The molecule has 0 saturated carbocycles. The van der Waals surface area contributed by atoms with Crippen molar-refractivity contribution in [1.82, 2.24) is 4.98 Å². The van der Waals surface area contributed by atoms with Crippen LogP contribution in [0, 0.1) is 3.70 Å². The summed E-state index contributed by atoms with van der Waals surface area (Å²) in [4.78, 5) is 4.15. The Morgan fingerprint density at radius 2 is 2.25 bits per heavy atom. The van der Waals surface area contributed by atoms with Gasteiger partial charge in [0.2, 0.25) is 0 Å². The molecule has 1 aromatic heterocycles. The second-order valence-corrected chi connectivity index (χ2v) is 3.18. The number of rotatable bonds is 3. The number of aromatic nitrogens is 1. The SMILES string of the molecule is CCOc1ccc(I)nc1OC. The zero-order valence-electron chi connectivity index (χ0n) is 7.00. The van der Waals surface area contributed by atoms with Crippen molar-refractivity contribution < 1.29 is 9.47 Å². The van der Waals surface area contributed by atoms with Gasteiger partial charge in [-0.05, 0) is 41.6 Å². The molecule has 0 unspecified atom stereocenters. The Morgan fingerprint density at radius 3 is 2.83 bits per heavy atom. The Labute approximate surface area is 85.2 Å². The highest BCUT2D eigenvalue weighted by molar-refractivity contribution is 14.1. The maximum Gasteiger partial charge on any atom is 0.257 e. The van der Waals surface area contributed by atoms with Crippen LogP contribution in [0.15, 0.2) is 12.1 Å². The number of nitrogens with zero attached hydrogens (tertiary/aromatic N) is 1. The van der Waals surface area contributed by atoms with Crippen molar-refractivity contribution in [1.29, 1.82) is 0 Å². The zero-order chi connectivity index (χ0) is 8.97. The van der Waals surface area contributed by atoms with Crippen LogP contribution in [0.25, 0.3) is 0 Å². The minimum Gasteiger partial charge on any atom is -0.488 e. The molecule has 0 saturated heterocycles. The molecule has 1 heterocycles. The number of methoxy groups -OCH3 is 1. The lowest BCUT2D eigenvalue weighted by molar-refractivity contribution is 0.303. The van der Waals surface area contributed by atoms with Gasteiger partial charge in [0, 0.05) is 0 Å². The zero-order valence-corrected chi connectivity index (χ0v) is 9.16. The van der Waals surface area contributed by atoms with Crippen molar-refractivity contribution in [3.8, 4) is 11.6 Å². The predicted molar refractivity (Wildman–Crippen MR) is 54.7 cm³/mol. The molecule has 0 aromatic carbocycles. The van der Waals surface area contributed by atoms with E-state index < -0.39 is 0 Å². The van der Waals surface area contributed by atoms with Crippen molar-refractivity contribution in [2.75, 3.05) is 13.7 Å². The summed E-state index contributed by atoms with van der Waals surface area (Å²) in [6.07, 6.45) is 0. The van der Waals surface area contributed by atoms with Gasteiger partial charge in [-0.2, -0.15) is 0 Å². The Hall–Kier alpha value is -0.520. The van der Waals surface area contributed by atoms with Crippen molar-refractivity contribution in [2.24, 2.45) is 0 Å². The standard InChI is InChI=1S/C8H10INO2/c1-3-12-6-4-5-7(9)10-8(6)11-2/h4-5H,3H2,1-2H3. The van der Waals surface area contributed by atoms with Crippen LogP contribution in [0.2, 0.25) is 0 Å². The van der Waals surface area contributed by atoms with Gasteiger partial charge in [-0.3, -0.25) is 0 Å². The smallest absolute Gasteiger partial charge is 0.257 e. The fourth-order valence-electron chi connectivity index (χ4n) is 0.817. The monoisotopic (exact) mass is 279 g/mol. The summed E-state index contributed by atoms with van der Waals surface area (Å²) < 4.78 is 11.2. The molecule has 3 nitrogen and oxygen atoms in total. The van der Waals surface area contributed by atoms with Gasteiger partial charge in [-0.1, -0.05) is 0 Å². The number of halogens is 1. The molecule has 0 amide bonds. The Morgan fingerprint density at radius 1 is 1.50 bits per heavy atom. The van der Waals surface area contributed by atoms with Gasteiger partial charge in [0.1, 0.15) is 3.70 Å². The van der Waals surface area contributed by atoms with E-state index >= 15 is 0 Å². The molecule has 1 rings (SSSR count). The normalized spacial score (nSPS) is 9.58. The van der Waals surface area contributed by atoms with Crippen molar-refractivity contribution >= 4 is 22.6 Å². The lowest BCUT2D eigenvalue weighted by atomic mass is 10.4. The molecule has 0 aliphatic rings. The van der Waals surface area contributed by atoms with E-state index in [4.69, 9.17) is 9.47 Å². The second-order valence-electron chi connectivity index (χ2n) is 2.07. The van der Waals surface area contributed by atoms with Crippen LogP contribution >= 0.6 is 22.6 Å². The van der Waals surface area contributed by atoms with E-state index in [-0.39, 0.29) is 0 Å². The van der Waals surface area contributed by atoms with Crippen LogP contribution in [-0.4, -0.2) is 18.7 Å². The van der Waals surface area contributed by atoms with E-state index in [1.807, 2.05) is 19.1 Å². The summed E-state index contributed by atoms with van der Waals surface area (Å²) >= 11 is 2.13. The molecule has 0 spiro atoms. The first kappa shape index (κ1) is 9.57. The third-order valence-electron chi connectivity index (χ3n) is 1.28. The third kappa shape index (κ3) is 2.23. The first-order chi connectivity index (χ1) is 5.77. The van der Waals surface area contributed by atoms with Gasteiger partial charge in [0.15, 0.2) is 5.75 Å². The average molecular weight is 279 g/mol. The van der Waals surface area contributed by atoms with E-state index in [2.05, 4.69) is 27.6 Å². The van der Waals surface area contributed by atoms with Crippen molar-refractivity contribution in [3.63, 3.8) is 0 Å². The average Bonchev–Trinajstić information content (AvgIpc) is 2.08. The van der Waals surface area contributed by atoms with E-state index in [1.165, 1.54) is 0 Å². The first-order valence-corrected chi connectivity index (χ1v) is 4.69. The molecule has 4 heteroatoms. The molecule has 0 fully saturated rings. The number of ether oxygens (including phenoxy) is 2. The van der Waals surface area contributed by atoms with Gasteiger partial charge in [-0.15, -0.1) is 0 Å². The molecule has 12 heavy (non-hydrogen) atoms. The third-order valence-corrected chi connectivity index (χ3v) is 1.89. The Kier molecular flexibility index (Phi) is 3.58. The molecule has 0 radical (unpaired) electrons. The molecule has 66 valence electrons. The largest absolute Gasteiger partial charge is 0.488 e. The summed E-state index contributed by atoms with van der Waals surface area (Å²) in [6.45, 7) is 2.55. The highest BCUT2D eigenvalue weighted by Crippen LogP contribution is 2.24. The number of hydrogen-bond acceptors (Lipinski definition) is 3. The second kappa shape index (κ2) is 4.49. The highest BCUT2D eigenvalue weighted by Gasteiger charge is 2.04. The molecule has 0 aliphatic heterocycles. The van der Waals surface area contributed by atoms with Crippen LogP contribution in [0.5, 0.6) is 11.6 Å². The van der Waals surface area contributed by atoms with Gasteiger partial charge >= 0.3 is 0 Å². The van der Waals surface area contributed by atoms with E-state index in [9.17, 15) is 0 Å². The summed E-state index contributed by atoms with van der Waals surface area (Å²) in [5.41, 5.74) is 0. The molecule has 0 N–H and O–H groups in total. The summed E-state index contributed by atoms with van der Waals surface area (Å²) in [7, 11) is 1.58. The van der Waals surface area contributed by atoms with Crippen LogP contribution in [0.1, 0.15) is 6.92 Å². The van der Waals surface area contributed by atoms with Gasteiger partial charge in [0.25, 0.3) is 5.88 Å². The summed E-state index contributed by atoms with van der Waals surface area (Å²) in [5, 5.41) is 0. The number of hydrogen-bond donors (Lipinski definition) is 0. The van der Waals surface area contributed by atoms with Crippen LogP contribution in [-0.2, 0) is 0 Å². The molecular weight excluding hydrogens is 269 g/mol. The van der Waals surface area contributed by atoms with Crippen LogP contribution in [0.4, 0.5) is 0 Å². The van der Waals surface area contributed by atoms with Crippen LogP contribution in [0.3, 0.4) is 0 Å². The fraction of sp³-hybridized carbons (Fsp3) is 0.375. The van der Waals surface area contributed by atoms with Gasteiger partial charge < -0.3 is 9.47 Å². The summed E-state index contributed by atoms with van der Waals surface area (Å²) in [5.74, 6) is 1.24. The van der Waals surface area contributed by atoms with Crippen LogP contribution < -0.4 is 9.47 Å². The topological polar surface area (TPSA) is 31.4 Å². The fourth-order valence-corrected chi connectivity index (χ4v) is 1.22. The van der Waals surface area contributed by atoms with Gasteiger partial charge in [0.05, 0.1) is 13.7 Å². The lowest BCUT2D eigenvalue weighted by Crippen LogP contribution is -1.97. The molecule has 0 atom stereocenters. The molecule has 0 bridgehead atoms. The lowest BCUT2D eigenvalue weighted by Gasteiger charge is -2.07. The quantitative estimate of drug-likeness (QED) is 0.627. The van der Waals surface area contributed by atoms with E-state index in [0.29, 0.717) is 18.2 Å². The van der Waals surface area contributed by atoms with Crippen molar-refractivity contribution in [2.45, 2.75) is 6.92 Å². The highest BCUT2D eigenvalue weighted by atomic mass is 127. The minimum absolute atomic E-state index is 0.545. The van der Waals surface area contributed by atoms with E-state index in [1.54, 1.807) is 7.11 Å². The maximum absolute atomic E-state index is 5.29. The van der Waals surface area contributed by atoms with E-state index in [0.717, 1.165) is 3.70 Å². The Bertz CT molecular complexity index is 265. The summed E-state index contributed by atoms with van der Waals surface area (Å²) in [6, 6.07) is 3.74. The maximum atomic E-state index is 5.29. The first-order valence-electron chi connectivity index (χ1n) is 3.61.